The summed E-state index contributed by atoms with van der Waals surface area (Å²) in [7, 11) is 0. The van der Waals surface area contributed by atoms with Gasteiger partial charge >= 0.3 is 11.8 Å². The Hall–Kier alpha value is -3.59. The Balaban J connectivity index is 1.83. The van der Waals surface area contributed by atoms with Crippen LogP contribution in [0.25, 0.3) is 16.9 Å². The maximum absolute atomic E-state index is 13.8. The second-order valence-electron chi connectivity index (χ2n) is 6.01. The van der Waals surface area contributed by atoms with E-state index in [0.29, 0.717) is 17.0 Å². The van der Waals surface area contributed by atoms with E-state index in [4.69, 9.17) is 10.4 Å². The Bertz CT molecular complexity index is 1130. The largest absolute Gasteiger partial charge is 0.328 e. The van der Waals surface area contributed by atoms with E-state index in [0.717, 1.165) is 11.1 Å². The van der Waals surface area contributed by atoms with E-state index in [1.54, 1.807) is 10.5 Å². The summed E-state index contributed by atoms with van der Waals surface area (Å²) in [4.78, 5) is 20.2. The van der Waals surface area contributed by atoms with Crippen LogP contribution in [0.15, 0.2) is 47.1 Å². The average molecular weight is 366 g/mol. The van der Waals surface area contributed by atoms with Crippen LogP contribution in [0, 0.1) is 12.7 Å². The lowest BCUT2D eigenvalue weighted by Gasteiger charge is -2.04. The van der Waals surface area contributed by atoms with Gasteiger partial charge in [0, 0.05) is 11.8 Å². The number of nitrogens with zero attached hydrogens (tertiary/aromatic N) is 4. The molecule has 4 rings (SSSR count). The zero-order valence-electron chi connectivity index (χ0n) is 14.3. The molecule has 136 valence electrons. The summed E-state index contributed by atoms with van der Waals surface area (Å²) in [6.45, 7) is 1.99. The molecule has 4 aromatic rings. The Kier molecular flexibility index (Phi) is 4.13. The van der Waals surface area contributed by atoms with Gasteiger partial charge in [0.1, 0.15) is 11.5 Å². The molecule has 0 aliphatic carbocycles. The van der Waals surface area contributed by atoms with E-state index >= 15 is 0 Å². The van der Waals surface area contributed by atoms with Crippen molar-refractivity contribution < 1.29 is 13.7 Å². The highest BCUT2D eigenvalue weighted by molar-refractivity contribution is 5.88. The quantitative estimate of drug-likeness (QED) is 0.325. The maximum Gasteiger partial charge on any atom is 0.323 e. The van der Waals surface area contributed by atoms with Gasteiger partial charge in [-0.3, -0.25) is 10.2 Å². The van der Waals surface area contributed by atoms with Gasteiger partial charge in [0.05, 0.1) is 17.8 Å². The SMILES string of the molecule is Cc1ccc(-c2nc3ccc(F)cn3c2Cc2noc(C(=O)NN)n2)cc1. The summed E-state index contributed by atoms with van der Waals surface area (Å²) < 4.78 is 20.4. The molecule has 8 nitrogen and oxygen atoms in total. The van der Waals surface area contributed by atoms with Crippen LogP contribution >= 0.6 is 0 Å². The van der Waals surface area contributed by atoms with Gasteiger partial charge in [-0.05, 0) is 19.1 Å². The lowest BCUT2D eigenvalue weighted by atomic mass is 10.1. The minimum Gasteiger partial charge on any atom is -0.328 e. The highest BCUT2D eigenvalue weighted by Crippen LogP contribution is 2.26. The number of pyridine rings is 1. The molecule has 0 radical (unpaired) electrons. The van der Waals surface area contributed by atoms with E-state index in [-0.39, 0.29) is 18.1 Å². The Morgan fingerprint density at radius 1 is 1.22 bits per heavy atom. The van der Waals surface area contributed by atoms with E-state index in [2.05, 4.69) is 15.1 Å². The third-order valence-electron chi connectivity index (χ3n) is 4.13. The molecule has 0 unspecified atom stereocenters. The number of benzene rings is 1. The Morgan fingerprint density at radius 3 is 2.74 bits per heavy atom. The molecule has 9 heteroatoms. The lowest BCUT2D eigenvalue weighted by Crippen LogP contribution is -2.30. The second kappa shape index (κ2) is 6.61. The zero-order valence-corrected chi connectivity index (χ0v) is 14.3. The highest BCUT2D eigenvalue weighted by Gasteiger charge is 2.19. The number of nitrogens with one attached hydrogen (secondary N) is 1. The minimum absolute atomic E-state index is 0.190. The molecule has 0 aliphatic heterocycles. The summed E-state index contributed by atoms with van der Waals surface area (Å²) in [6, 6.07) is 10.8. The van der Waals surface area contributed by atoms with Crippen LogP contribution in [-0.4, -0.2) is 25.4 Å². The number of carbonyl (C=O) groups excluding carboxylic acids is 1. The van der Waals surface area contributed by atoms with Crippen LogP contribution in [0.3, 0.4) is 0 Å². The van der Waals surface area contributed by atoms with Crippen molar-refractivity contribution in [3.63, 3.8) is 0 Å². The summed E-state index contributed by atoms with van der Waals surface area (Å²) in [5.41, 5.74) is 5.86. The van der Waals surface area contributed by atoms with E-state index in [1.165, 1.54) is 12.3 Å². The summed E-state index contributed by atoms with van der Waals surface area (Å²) in [5, 5.41) is 3.80. The van der Waals surface area contributed by atoms with Crippen molar-refractivity contribution in [3.8, 4) is 11.3 Å². The summed E-state index contributed by atoms with van der Waals surface area (Å²) >= 11 is 0. The topological polar surface area (TPSA) is 111 Å². The first kappa shape index (κ1) is 16.9. The standard InChI is InChI=1S/C18H15FN6O2/c1-10-2-4-11(5-3-10)16-13(25-9-12(19)6-7-15(25)22-16)8-14-21-18(27-24-14)17(26)23-20/h2-7,9H,8,20H2,1H3,(H,23,26). The van der Waals surface area contributed by atoms with Crippen LogP contribution in [0.2, 0.25) is 0 Å². The van der Waals surface area contributed by atoms with Crippen molar-refractivity contribution in [2.24, 2.45) is 5.84 Å². The summed E-state index contributed by atoms with van der Waals surface area (Å²) in [6.07, 6.45) is 1.54. The van der Waals surface area contributed by atoms with Crippen LogP contribution in [0.4, 0.5) is 4.39 Å². The number of hydrogen-bond donors (Lipinski definition) is 2. The van der Waals surface area contributed by atoms with Crippen molar-refractivity contribution in [1.29, 1.82) is 0 Å². The fourth-order valence-corrected chi connectivity index (χ4v) is 2.81. The first-order valence-corrected chi connectivity index (χ1v) is 8.12. The van der Waals surface area contributed by atoms with Crippen LogP contribution < -0.4 is 11.3 Å². The monoisotopic (exact) mass is 366 g/mol. The number of halogens is 1. The van der Waals surface area contributed by atoms with Gasteiger partial charge < -0.3 is 8.92 Å². The number of nitrogen functional groups attached to an aromatic ring is 1. The van der Waals surface area contributed by atoms with E-state index < -0.39 is 11.7 Å². The Labute approximate surface area is 152 Å². The molecule has 1 amide bonds. The predicted molar refractivity (Wildman–Crippen MR) is 94.1 cm³/mol. The molecule has 3 N–H and O–H groups in total. The number of imidazole rings is 1. The predicted octanol–water partition coefficient (Wildman–Crippen LogP) is 2.03. The van der Waals surface area contributed by atoms with Crippen molar-refractivity contribution in [2.75, 3.05) is 0 Å². The van der Waals surface area contributed by atoms with Crippen LogP contribution in [0.5, 0.6) is 0 Å². The van der Waals surface area contributed by atoms with Crippen LogP contribution in [0.1, 0.15) is 27.8 Å². The number of hydrogen-bond acceptors (Lipinski definition) is 6. The third-order valence-corrected chi connectivity index (χ3v) is 4.13. The van der Waals surface area contributed by atoms with Crippen molar-refractivity contribution in [1.82, 2.24) is 25.0 Å². The van der Waals surface area contributed by atoms with E-state index in [9.17, 15) is 9.18 Å². The number of aryl methyl sites for hydroxylation is 1. The van der Waals surface area contributed by atoms with Gasteiger partial charge in [0.2, 0.25) is 0 Å². The Morgan fingerprint density at radius 2 is 2.00 bits per heavy atom. The van der Waals surface area contributed by atoms with E-state index in [1.807, 2.05) is 36.6 Å². The molecule has 0 atom stereocenters. The van der Waals surface area contributed by atoms with Gasteiger partial charge in [-0.1, -0.05) is 35.0 Å². The molecule has 3 aromatic heterocycles. The lowest BCUT2D eigenvalue weighted by molar-refractivity contribution is 0.0910. The van der Waals surface area contributed by atoms with Gasteiger partial charge in [-0.2, -0.15) is 4.98 Å². The number of nitrogens with two attached hydrogens (primary N) is 1. The van der Waals surface area contributed by atoms with Gasteiger partial charge in [-0.15, -0.1) is 0 Å². The number of amides is 1. The molecule has 0 bridgehead atoms. The van der Waals surface area contributed by atoms with Crippen molar-refractivity contribution >= 4 is 11.6 Å². The number of hydrazine groups is 1. The normalized spacial score (nSPS) is 11.1. The number of carbonyl (C=O) groups is 1. The fourth-order valence-electron chi connectivity index (χ4n) is 2.81. The molecule has 1 aromatic carbocycles. The molecular weight excluding hydrogens is 351 g/mol. The van der Waals surface area contributed by atoms with Gasteiger partial charge in [-0.25, -0.2) is 15.2 Å². The van der Waals surface area contributed by atoms with Crippen LogP contribution in [-0.2, 0) is 6.42 Å². The molecule has 0 saturated heterocycles. The molecule has 3 heterocycles. The first-order chi connectivity index (χ1) is 13.0. The van der Waals surface area contributed by atoms with Gasteiger partial charge in [0.15, 0.2) is 5.82 Å². The van der Waals surface area contributed by atoms with Crippen molar-refractivity contribution in [2.45, 2.75) is 13.3 Å². The zero-order chi connectivity index (χ0) is 19.0. The molecular formula is C18H15FN6O2. The molecule has 0 saturated carbocycles. The van der Waals surface area contributed by atoms with Crippen molar-refractivity contribution in [3.05, 3.63) is 71.4 Å². The molecule has 0 fully saturated rings. The minimum atomic E-state index is -0.684. The number of aromatic nitrogens is 4. The summed E-state index contributed by atoms with van der Waals surface area (Å²) in [5.74, 6) is 4.00. The second-order valence-corrected chi connectivity index (χ2v) is 6.01. The smallest absolute Gasteiger partial charge is 0.323 e. The average Bonchev–Trinajstić information content (AvgIpc) is 3.27. The third kappa shape index (κ3) is 3.15. The van der Waals surface area contributed by atoms with Gasteiger partial charge in [0.25, 0.3) is 0 Å². The first-order valence-electron chi connectivity index (χ1n) is 8.12. The highest BCUT2D eigenvalue weighted by atomic mass is 19.1. The number of fused-ring (bicyclic) bond motifs is 1. The number of rotatable bonds is 4. The molecule has 0 aliphatic rings. The maximum atomic E-state index is 13.8. The molecule has 27 heavy (non-hydrogen) atoms. The fraction of sp³-hybridized carbons (Fsp3) is 0.111. The molecule has 0 spiro atoms.